The number of halogens is 1. The number of fused-ring (bicyclic) bond motifs is 1. The Morgan fingerprint density at radius 3 is 2.38 bits per heavy atom. The van der Waals surface area contributed by atoms with Crippen LogP contribution in [-0.2, 0) is 9.59 Å². The van der Waals surface area contributed by atoms with Gasteiger partial charge in [0.25, 0.3) is 0 Å². The standard InChI is InChI=1S/C24H19FN4O5/c25-16-2-4-17(5-3-16)29-20-8-7-19(12-15(20)13-27-29)34-21-9-6-18(14-26-21)28-11-1-10-24(28,22(30)31)23(32)33/h2-9,12-14H,1,10-11H2,(H,30,31)(H,32,33). The molecule has 0 radical (unpaired) electrons. The van der Waals surface area contributed by atoms with E-state index < -0.39 is 17.5 Å². The Morgan fingerprint density at radius 1 is 0.971 bits per heavy atom. The largest absolute Gasteiger partial charge is 0.479 e. The molecule has 1 fully saturated rings. The summed E-state index contributed by atoms with van der Waals surface area (Å²) in [4.78, 5) is 29.1. The number of anilines is 1. The third kappa shape index (κ3) is 3.49. The predicted molar refractivity (Wildman–Crippen MR) is 120 cm³/mol. The predicted octanol–water partition coefficient (Wildman–Crippen LogP) is 3.86. The average Bonchev–Trinajstić information content (AvgIpc) is 3.45. The van der Waals surface area contributed by atoms with Crippen molar-refractivity contribution in [3.05, 3.63) is 72.8 Å². The molecule has 2 N–H and O–H groups in total. The van der Waals surface area contributed by atoms with Crippen molar-refractivity contribution in [1.82, 2.24) is 14.8 Å². The molecule has 4 aromatic rings. The van der Waals surface area contributed by atoms with Crippen molar-refractivity contribution in [2.45, 2.75) is 18.4 Å². The number of aliphatic carboxylic acids is 2. The van der Waals surface area contributed by atoms with Crippen LogP contribution in [0.15, 0.2) is 67.0 Å². The van der Waals surface area contributed by atoms with Crippen LogP contribution >= 0.6 is 0 Å². The molecule has 1 aliphatic rings. The van der Waals surface area contributed by atoms with Gasteiger partial charge in [0, 0.05) is 18.0 Å². The van der Waals surface area contributed by atoms with Crippen LogP contribution in [0.2, 0.25) is 0 Å². The van der Waals surface area contributed by atoms with E-state index in [1.807, 2.05) is 6.07 Å². The van der Waals surface area contributed by atoms with Crippen LogP contribution in [0.4, 0.5) is 10.1 Å². The molecule has 1 saturated heterocycles. The minimum atomic E-state index is -2.00. The second kappa shape index (κ2) is 8.14. The summed E-state index contributed by atoms with van der Waals surface area (Å²) in [7, 11) is 0. The fourth-order valence-electron chi connectivity index (χ4n) is 4.28. The quantitative estimate of drug-likeness (QED) is 0.415. The highest BCUT2D eigenvalue weighted by molar-refractivity contribution is 6.07. The minimum absolute atomic E-state index is 0.0154. The molecule has 1 aliphatic heterocycles. The van der Waals surface area contributed by atoms with Crippen molar-refractivity contribution in [2.24, 2.45) is 0 Å². The average molecular weight is 462 g/mol. The minimum Gasteiger partial charge on any atom is -0.479 e. The van der Waals surface area contributed by atoms with E-state index in [2.05, 4.69) is 10.1 Å². The molecule has 172 valence electrons. The number of aromatic nitrogens is 3. The molecule has 0 spiro atoms. The summed E-state index contributed by atoms with van der Waals surface area (Å²) in [6, 6.07) is 14.5. The topological polar surface area (TPSA) is 118 Å². The van der Waals surface area contributed by atoms with Crippen LogP contribution in [-0.4, -0.2) is 49.0 Å². The lowest BCUT2D eigenvalue weighted by molar-refractivity contribution is -0.156. The van der Waals surface area contributed by atoms with Crippen LogP contribution < -0.4 is 9.64 Å². The van der Waals surface area contributed by atoms with Crippen LogP contribution in [0.25, 0.3) is 16.6 Å². The summed E-state index contributed by atoms with van der Waals surface area (Å²) >= 11 is 0. The van der Waals surface area contributed by atoms with Crippen molar-refractivity contribution < 1.29 is 28.9 Å². The molecule has 5 rings (SSSR count). The van der Waals surface area contributed by atoms with Gasteiger partial charge < -0.3 is 19.8 Å². The fraction of sp³-hybridized carbons (Fsp3) is 0.167. The third-order valence-electron chi connectivity index (χ3n) is 5.95. The van der Waals surface area contributed by atoms with Gasteiger partial charge in [-0.25, -0.2) is 23.6 Å². The number of pyridine rings is 1. The van der Waals surface area contributed by atoms with Gasteiger partial charge in [0.2, 0.25) is 11.4 Å². The second-order valence-corrected chi connectivity index (χ2v) is 7.94. The smallest absolute Gasteiger partial charge is 0.341 e. The lowest BCUT2D eigenvalue weighted by Crippen LogP contribution is -2.57. The number of hydrogen-bond acceptors (Lipinski definition) is 6. The van der Waals surface area contributed by atoms with Gasteiger partial charge in [-0.15, -0.1) is 0 Å². The SMILES string of the molecule is O=C(O)C1(C(=O)O)CCCN1c1ccc(Oc2ccc3c(cnn3-c3ccc(F)cc3)c2)nc1. The Kier molecular flexibility index (Phi) is 5.12. The van der Waals surface area contributed by atoms with Gasteiger partial charge in [0.05, 0.1) is 29.3 Å². The normalized spacial score (nSPS) is 14.9. The number of hydrogen-bond donors (Lipinski definition) is 2. The maximum Gasteiger partial charge on any atom is 0.341 e. The summed E-state index contributed by atoms with van der Waals surface area (Å²) in [6.07, 6.45) is 3.54. The number of carbonyl (C=O) groups is 2. The molecule has 3 heterocycles. The number of carboxylic acid groups (broad SMARTS) is 2. The van der Waals surface area contributed by atoms with E-state index in [0.717, 1.165) is 16.6 Å². The number of carboxylic acids is 2. The molecule has 2 aromatic heterocycles. The number of rotatable bonds is 6. The highest BCUT2D eigenvalue weighted by Crippen LogP contribution is 2.35. The van der Waals surface area contributed by atoms with Gasteiger partial charge >= 0.3 is 11.9 Å². The molecule has 34 heavy (non-hydrogen) atoms. The maximum absolute atomic E-state index is 13.2. The van der Waals surface area contributed by atoms with Crippen LogP contribution in [0.1, 0.15) is 12.8 Å². The number of nitrogens with zero attached hydrogens (tertiary/aromatic N) is 4. The molecule has 0 aliphatic carbocycles. The van der Waals surface area contributed by atoms with Gasteiger partial charge in [0.15, 0.2) is 0 Å². The van der Waals surface area contributed by atoms with Gasteiger partial charge in [-0.1, -0.05) is 0 Å². The molecular weight excluding hydrogens is 443 g/mol. The first-order valence-corrected chi connectivity index (χ1v) is 10.5. The first-order valence-electron chi connectivity index (χ1n) is 10.5. The summed E-state index contributed by atoms with van der Waals surface area (Å²) in [5.74, 6) is -2.34. The van der Waals surface area contributed by atoms with E-state index in [-0.39, 0.29) is 18.1 Å². The zero-order valence-electron chi connectivity index (χ0n) is 17.8. The molecule has 0 saturated carbocycles. The van der Waals surface area contributed by atoms with Crippen LogP contribution in [0.3, 0.4) is 0 Å². The van der Waals surface area contributed by atoms with Crippen LogP contribution in [0.5, 0.6) is 11.6 Å². The molecular formula is C24H19FN4O5. The van der Waals surface area contributed by atoms with Crippen LogP contribution in [0, 0.1) is 5.82 Å². The molecule has 10 heteroatoms. The summed E-state index contributed by atoms with van der Waals surface area (Å²) in [5.41, 5.74) is -0.0663. The Bertz CT molecular complexity index is 1370. The molecule has 2 aromatic carbocycles. The zero-order chi connectivity index (χ0) is 23.9. The fourth-order valence-corrected chi connectivity index (χ4v) is 4.28. The van der Waals surface area contributed by atoms with Gasteiger partial charge in [-0.05, 0) is 61.4 Å². The van der Waals surface area contributed by atoms with E-state index in [0.29, 0.717) is 24.4 Å². The Labute approximate surface area is 192 Å². The van der Waals surface area contributed by atoms with Crippen molar-refractivity contribution in [1.29, 1.82) is 0 Å². The summed E-state index contributed by atoms with van der Waals surface area (Å²) < 4.78 is 20.7. The maximum atomic E-state index is 13.2. The molecule has 0 amide bonds. The molecule has 0 atom stereocenters. The van der Waals surface area contributed by atoms with Gasteiger partial charge in [-0.2, -0.15) is 5.10 Å². The van der Waals surface area contributed by atoms with Crippen molar-refractivity contribution in [3.8, 4) is 17.3 Å². The highest BCUT2D eigenvalue weighted by Gasteiger charge is 2.55. The third-order valence-corrected chi connectivity index (χ3v) is 5.95. The Hall–Kier alpha value is -4.47. The monoisotopic (exact) mass is 462 g/mol. The first-order chi connectivity index (χ1) is 16.4. The lowest BCUT2D eigenvalue weighted by atomic mass is 9.96. The number of benzene rings is 2. The Morgan fingerprint density at radius 2 is 1.71 bits per heavy atom. The highest BCUT2D eigenvalue weighted by atomic mass is 19.1. The molecule has 9 nitrogen and oxygen atoms in total. The van der Waals surface area contributed by atoms with Crippen molar-refractivity contribution >= 4 is 28.5 Å². The van der Waals surface area contributed by atoms with Gasteiger partial charge in [0.1, 0.15) is 11.6 Å². The van der Waals surface area contributed by atoms with Gasteiger partial charge in [-0.3, -0.25) is 0 Å². The van der Waals surface area contributed by atoms with E-state index in [9.17, 15) is 24.2 Å². The van der Waals surface area contributed by atoms with E-state index in [4.69, 9.17) is 4.74 Å². The summed E-state index contributed by atoms with van der Waals surface area (Å²) in [5, 5.41) is 24.4. The zero-order valence-corrected chi connectivity index (χ0v) is 17.8. The Balaban J connectivity index is 1.37. The van der Waals surface area contributed by atoms with E-state index in [1.165, 1.54) is 23.2 Å². The number of ether oxygens (including phenoxy) is 1. The molecule has 0 bridgehead atoms. The lowest BCUT2D eigenvalue weighted by Gasteiger charge is -2.32. The van der Waals surface area contributed by atoms with Crippen molar-refractivity contribution in [3.63, 3.8) is 0 Å². The molecule has 0 unspecified atom stereocenters. The summed E-state index contributed by atoms with van der Waals surface area (Å²) in [6.45, 7) is 0.301. The first kappa shape index (κ1) is 21.4. The van der Waals surface area contributed by atoms with E-state index in [1.54, 1.807) is 47.3 Å². The van der Waals surface area contributed by atoms with E-state index >= 15 is 0 Å². The van der Waals surface area contributed by atoms with Crippen molar-refractivity contribution in [2.75, 3.05) is 11.4 Å². The second-order valence-electron chi connectivity index (χ2n) is 7.94.